The molecule has 0 aromatic heterocycles. The lowest BCUT2D eigenvalue weighted by Crippen LogP contribution is -2.70. The molecular formula is C21H19N5O8S3. The highest BCUT2D eigenvalue weighted by molar-refractivity contribution is 8.38. The van der Waals surface area contributed by atoms with Gasteiger partial charge in [-0.15, -0.1) is 11.8 Å². The summed E-state index contributed by atoms with van der Waals surface area (Å²) in [6.07, 6.45) is 1.67. The summed E-state index contributed by atoms with van der Waals surface area (Å²) in [5, 5.41) is 31.3. The van der Waals surface area contributed by atoms with E-state index in [2.05, 4.69) is 10.3 Å². The Hall–Kier alpha value is -3.55. The van der Waals surface area contributed by atoms with Crippen LogP contribution in [0.15, 0.2) is 40.5 Å². The molecule has 0 unspecified atom stereocenters. The standard InChI is InChI=1S/C21H19N5O8S3/c1-11(27)34-6-13-8-35-19-16(18(29)25(19)17(13)20(30)31)24-15(28)9-37-21(23-10-22)36-7-12-2-4-14(5-3-12)26(32)33/h2-5,16,19H,6-9H2,1H3,(H,24,28)(H,30,31)/t16-,19-/m1/s1. The third-order valence-electron chi connectivity index (χ3n) is 4.99. The van der Waals surface area contributed by atoms with Crippen molar-refractivity contribution in [3.63, 3.8) is 0 Å². The molecule has 3 rings (SSSR count). The molecule has 1 aromatic carbocycles. The number of fused-ring (bicyclic) bond motifs is 1. The fraction of sp³-hybridized carbons (Fsp3) is 0.333. The molecule has 16 heteroatoms. The quantitative estimate of drug-likeness (QED) is 0.0838. The first-order chi connectivity index (χ1) is 17.6. The zero-order valence-electron chi connectivity index (χ0n) is 19.1. The summed E-state index contributed by atoms with van der Waals surface area (Å²) in [4.78, 5) is 63.0. The van der Waals surface area contributed by atoms with Crippen LogP contribution in [0.25, 0.3) is 0 Å². The monoisotopic (exact) mass is 565 g/mol. The van der Waals surface area contributed by atoms with Crippen LogP contribution >= 0.6 is 35.3 Å². The molecule has 0 radical (unpaired) electrons. The highest BCUT2D eigenvalue weighted by Crippen LogP contribution is 2.40. The lowest BCUT2D eigenvalue weighted by atomic mass is 10.0. The number of carboxylic acids is 1. The predicted octanol–water partition coefficient (Wildman–Crippen LogP) is 1.70. The lowest BCUT2D eigenvalue weighted by Gasteiger charge is -2.49. The van der Waals surface area contributed by atoms with Gasteiger partial charge in [0, 0.05) is 36.1 Å². The SMILES string of the molecule is CC(=O)OCC1=C(C(=O)O)N2C(=O)[C@@H](NC(=O)CSC(=NC#N)SCc3ccc([N+](=O)[O-])cc3)[C@H]2SC1. The first-order valence-corrected chi connectivity index (χ1v) is 13.4. The Kier molecular flexibility index (Phi) is 9.55. The van der Waals surface area contributed by atoms with E-state index >= 15 is 0 Å². The number of non-ortho nitro benzene ring substituents is 1. The zero-order chi connectivity index (χ0) is 27.1. The number of hydrogen-bond acceptors (Lipinski definition) is 12. The fourth-order valence-corrected chi connectivity index (χ4v) is 6.38. The van der Waals surface area contributed by atoms with Crippen molar-refractivity contribution in [3.05, 3.63) is 51.2 Å². The van der Waals surface area contributed by atoms with Gasteiger partial charge in [0.1, 0.15) is 28.1 Å². The summed E-state index contributed by atoms with van der Waals surface area (Å²) in [7, 11) is 0. The average molecular weight is 566 g/mol. The number of β-lactam (4-membered cyclic amide) rings is 1. The number of benzene rings is 1. The normalized spacial score (nSPS) is 18.9. The topological polar surface area (TPSA) is 192 Å². The van der Waals surface area contributed by atoms with Crippen LogP contribution in [0, 0.1) is 21.6 Å². The minimum absolute atomic E-state index is 0.0440. The van der Waals surface area contributed by atoms with Crippen molar-refractivity contribution >= 4 is 69.1 Å². The van der Waals surface area contributed by atoms with Crippen molar-refractivity contribution in [2.24, 2.45) is 4.99 Å². The summed E-state index contributed by atoms with van der Waals surface area (Å²) < 4.78 is 5.19. The summed E-state index contributed by atoms with van der Waals surface area (Å²) in [5.74, 6) is -2.57. The van der Waals surface area contributed by atoms with Crippen LogP contribution in [0.3, 0.4) is 0 Å². The minimum atomic E-state index is -1.33. The van der Waals surface area contributed by atoms with Gasteiger partial charge in [-0.3, -0.25) is 29.4 Å². The van der Waals surface area contributed by atoms with Crippen molar-refractivity contribution in [1.82, 2.24) is 10.2 Å². The molecule has 2 heterocycles. The van der Waals surface area contributed by atoms with E-state index in [1.807, 2.05) is 0 Å². The number of carbonyl (C=O) groups is 4. The molecule has 2 aliphatic rings. The summed E-state index contributed by atoms with van der Waals surface area (Å²) in [6.45, 7) is 0.950. The van der Waals surface area contributed by atoms with Crippen LogP contribution in [-0.2, 0) is 29.7 Å². The average Bonchev–Trinajstić information content (AvgIpc) is 2.86. The number of rotatable bonds is 9. The van der Waals surface area contributed by atoms with Gasteiger partial charge in [0.25, 0.3) is 11.6 Å². The Morgan fingerprint density at radius 1 is 1.35 bits per heavy atom. The van der Waals surface area contributed by atoms with Gasteiger partial charge in [-0.1, -0.05) is 35.7 Å². The molecule has 2 N–H and O–H groups in total. The first-order valence-electron chi connectivity index (χ1n) is 10.4. The number of carboxylic acid groups (broad SMARTS) is 1. The van der Waals surface area contributed by atoms with Gasteiger partial charge in [0.2, 0.25) is 12.1 Å². The van der Waals surface area contributed by atoms with Crippen molar-refractivity contribution in [3.8, 4) is 6.19 Å². The molecular weight excluding hydrogens is 546 g/mol. The summed E-state index contributed by atoms with van der Waals surface area (Å²) >= 11 is 3.41. The number of aliphatic carboxylic acids is 1. The molecule has 2 atom stereocenters. The summed E-state index contributed by atoms with van der Waals surface area (Å²) in [6, 6.07) is 4.97. The van der Waals surface area contributed by atoms with Crippen molar-refractivity contribution in [2.45, 2.75) is 24.1 Å². The van der Waals surface area contributed by atoms with Crippen LogP contribution in [0.2, 0.25) is 0 Å². The third kappa shape index (κ3) is 7.02. The number of ether oxygens (including phenoxy) is 1. The van der Waals surface area contributed by atoms with Crippen LogP contribution in [0.5, 0.6) is 0 Å². The molecule has 0 bridgehead atoms. The Morgan fingerprint density at radius 2 is 2.05 bits per heavy atom. The molecule has 2 aliphatic heterocycles. The number of amides is 2. The molecule has 194 valence electrons. The second-order valence-electron chi connectivity index (χ2n) is 7.47. The minimum Gasteiger partial charge on any atom is -0.477 e. The number of nitro groups is 1. The maximum absolute atomic E-state index is 12.7. The van der Waals surface area contributed by atoms with Gasteiger partial charge in [-0.2, -0.15) is 10.3 Å². The van der Waals surface area contributed by atoms with Crippen LogP contribution in [-0.4, -0.2) is 72.6 Å². The number of nitrogens with one attached hydrogen (secondary N) is 1. The Labute approximate surface area is 222 Å². The van der Waals surface area contributed by atoms with E-state index in [9.17, 15) is 34.4 Å². The Bertz CT molecular complexity index is 1230. The van der Waals surface area contributed by atoms with Crippen molar-refractivity contribution in [2.75, 3.05) is 18.1 Å². The second kappa shape index (κ2) is 12.6. The van der Waals surface area contributed by atoms with Crippen LogP contribution < -0.4 is 5.32 Å². The van der Waals surface area contributed by atoms with Crippen LogP contribution in [0.1, 0.15) is 12.5 Å². The van der Waals surface area contributed by atoms with Gasteiger partial charge in [0.15, 0.2) is 0 Å². The molecule has 1 saturated heterocycles. The highest BCUT2D eigenvalue weighted by atomic mass is 32.2. The van der Waals surface area contributed by atoms with E-state index in [1.54, 1.807) is 18.3 Å². The summed E-state index contributed by atoms with van der Waals surface area (Å²) in [5.41, 5.74) is 0.759. The fourth-order valence-electron chi connectivity index (χ4n) is 3.33. The van der Waals surface area contributed by atoms with Crippen molar-refractivity contribution < 1.29 is 33.9 Å². The molecule has 37 heavy (non-hydrogen) atoms. The number of nitriles is 1. The first kappa shape index (κ1) is 28.0. The van der Waals surface area contributed by atoms with E-state index in [0.717, 1.165) is 22.2 Å². The number of carbonyl (C=O) groups excluding carboxylic acids is 3. The Morgan fingerprint density at radius 3 is 2.65 bits per heavy atom. The van der Waals surface area contributed by atoms with E-state index in [-0.39, 0.29) is 29.5 Å². The number of aliphatic imine (C=N–C) groups is 1. The number of nitrogens with zero attached hydrogens (tertiary/aromatic N) is 4. The van der Waals surface area contributed by atoms with E-state index in [1.165, 1.54) is 42.6 Å². The largest absolute Gasteiger partial charge is 0.477 e. The highest BCUT2D eigenvalue weighted by Gasteiger charge is 2.54. The van der Waals surface area contributed by atoms with E-state index in [4.69, 9.17) is 10.00 Å². The Balaban J connectivity index is 1.54. The molecule has 13 nitrogen and oxygen atoms in total. The zero-order valence-corrected chi connectivity index (χ0v) is 21.6. The maximum atomic E-state index is 12.7. The molecule has 0 aliphatic carbocycles. The third-order valence-corrected chi connectivity index (χ3v) is 8.60. The van der Waals surface area contributed by atoms with E-state index in [0.29, 0.717) is 15.7 Å². The number of hydrogen-bond donors (Lipinski definition) is 2. The van der Waals surface area contributed by atoms with E-state index < -0.39 is 40.1 Å². The smallest absolute Gasteiger partial charge is 0.352 e. The van der Waals surface area contributed by atoms with Crippen LogP contribution in [0.4, 0.5) is 5.69 Å². The van der Waals surface area contributed by atoms with Gasteiger partial charge >= 0.3 is 11.9 Å². The molecule has 0 spiro atoms. The van der Waals surface area contributed by atoms with Gasteiger partial charge in [0.05, 0.1) is 10.7 Å². The maximum Gasteiger partial charge on any atom is 0.352 e. The second-order valence-corrected chi connectivity index (χ2v) is 10.8. The predicted molar refractivity (Wildman–Crippen MR) is 136 cm³/mol. The molecule has 0 saturated carbocycles. The molecule has 2 amide bonds. The number of thioether (sulfide) groups is 3. The van der Waals surface area contributed by atoms with Gasteiger partial charge < -0.3 is 15.2 Å². The van der Waals surface area contributed by atoms with Gasteiger partial charge in [-0.25, -0.2) is 4.79 Å². The number of nitro benzene ring substituents is 1. The number of esters is 1. The lowest BCUT2D eigenvalue weighted by molar-refractivity contribution is -0.384. The van der Waals surface area contributed by atoms with Crippen molar-refractivity contribution in [1.29, 1.82) is 5.26 Å². The van der Waals surface area contributed by atoms with Gasteiger partial charge in [-0.05, 0) is 5.56 Å². The molecule has 1 aromatic rings. The molecule has 1 fully saturated rings.